The molecule has 0 amide bonds. The van der Waals surface area contributed by atoms with Gasteiger partial charge in [0.1, 0.15) is 5.82 Å². The number of aliphatic hydroxyl groups is 1. The van der Waals surface area contributed by atoms with Crippen molar-refractivity contribution in [3.8, 4) is 0 Å². The maximum absolute atomic E-state index is 13.1. The molecule has 0 radical (unpaired) electrons. The van der Waals surface area contributed by atoms with Crippen LogP contribution < -0.4 is 5.32 Å². The van der Waals surface area contributed by atoms with Gasteiger partial charge in [0.2, 0.25) is 0 Å². The standard InChI is InChI=1S/C23H32F2N2O/c24-10-7-20-11-21(27-15-26-20)12-22(28)17-5-8-23(9-6-17)13-18(14-23)16-1-3-19(25)4-2-16/h1-4,15,17-18,20-22,28H,5-14H2,(H,26,27). The molecule has 0 aromatic heterocycles. The molecule has 154 valence electrons. The molecule has 1 aliphatic heterocycles. The van der Waals surface area contributed by atoms with Gasteiger partial charge in [-0.25, -0.2) is 4.39 Å². The molecule has 3 atom stereocenters. The zero-order valence-corrected chi connectivity index (χ0v) is 16.5. The molecule has 2 fully saturated rings. The summed E-state index contributed by atoms with van der Waals surface area (Å²) in [7, 11) is 0. The van der Waals surface area contributed by atoms with Crippen LogP contribution >= 0.6 is 0 Å². The van der Waals surface area contributed by atoms with E-state index >= 15 is 0 Å². The molecule has 28 heavy (non-hydrogen) atoms. The van der Waals surface area contributed by atoms with Crippen molar-refractivity contribution in [1.82, 2.24) is 5.32 Å². The summed E-state index contributed by atoms with van der Waals surface area (Å²) >= 11 is 0. The third-order valence-corrected chi connectivity index (χ3v) is 7.46. The molecule has 5 heteroatoms. The molecule has 1 spiro atoms. The molecule has 1 aromatic rings. The van der Waals surface area contributed by atoms with Crippen LogP contribution in [0.3, 0.4) is 0 Å². The molecule has 4 rings (SSSR count). The third kappa shape index (κ3) is 4.40. The quantitative estimate of drug-likeness (QED) is 0.736. The first-order chi connectivity index (χ1) is 13.6. The van der Waals surface area contributed by atoms with Crippen LogP contribution in [0.25, 0.3) is 0 Å². The number of nitrogens with one attached hydrogen (secondary N) is 1. The van der Waals surface area contributed by atoms with Crippen molar-refractivity contribution in [2.24, 2.45) is 16.3 Å². The minimum absolute atomic E-state index is 0.0523. The Balaban J connectivity index is 1.22. The summed E-state index contributed by atoms with van der Waals surface area (Å²) in [5, 5.41) is 14.0. The van der Waals surface area contributed by atoms with Gasteiger partial charge in [0.05, 0.1) is 25.2 Å². The van der Waals surface area contributed by atoms with Gasteiger partial charge in [0.15, 0.2) is 0 Å². The topological polar surface area (TPSA) is 44.6 Å². The molecule has 3 nitrogen and oxygen atoms in total. The number of aliphatic imine (C=N–C) groups is 1. The van der Waals surface area contributed by atoms with Gasteiger partial charge >= 0.3 is 0 Å². The van der Waals surface area contributed by atoms with Crippen molar-refractivity contribution >= 4 is 6.34 Å². The van der Waals surface area contributed by atoms with E-state index in [9.17, 15) is 13.9 Å². The van der Waals surface area contributed by atoms with E-state index in [4.69, 9.17) is 0 Å². The van der Waals surface area contributed by atoms with Crippen molar-refractivity contribution in [3.05, 3.63) is 35.6 Å². The van der Waals surface area contributed by atoms with Crippen LogP contribution in [0.4, 0.5) is 8.78 Å². The second kappa shape index (κ2) is 8.48. The van der Waals surface area contributed by atoms with Gasteiger partial charge in [-0.15, -0.1) is 0 Å². The highest BCUT2D eigenvalue weighted by Gasteiger charge is 2.47. The van der Waals surface area contributed by atoms with Crippen LogP contribution in [-0.2, 0) is 0 Å². The maximum atomic E-state index is 13.1. The molecule has 2 aliphatic carbocycles. The SMILES string of the molecule is OC(CC1CC(CCF)N=CN1)C1CCC2(CC1)CC(c1ccc(F)cc1)C2. The predicted molar refractivity (Wildman–Crippen MR) is 108 cm³/mol. The number of rotatable bonds is 6. The Kier molecular flexibility index (Phi) is 6.00. The van der Waals surface area contributed by atoms with Gasteiger partial charge in [0, 0.05) is 6.04 Å². The summed E-state index contributed by atoms with van der Waals surface area (Å²) in [6.45, 7) is -0.332. The number of hydrogen-bond acceptors (Lipinski definition) is 3. The van der Waals surface area contributed by atoms with Gasteiger partial charge in [-0.05, 0) is 92.7 Å². The molecule has 3 aliphatic rings. The highest BCUT2D eigenvalue weighted by Crippen LogP contribution is 2.59. The number of halogens is 2. The smallest absolute Gasteiger partial charge is 0.123 e. The van der Waals surface area contributed by atoms with Crippen LogP contribution in [0.1, 0.15) is 69.3 Å². The van der Waals surface area contributed by atoms with Gasteiger partial charge < -0.3 is 10.4 Å². The number of nitrogens with zero attached hydrogens (tertiary/aromatic N) is 1. The molecular formula is C23H32F2N2O. The van der Waals surface area contributed by atoms with Crippen molar-refractivity contribution in [1.29, 1.82) is 0 Å². The lowest BCUT2D eigenvalue weighted by Gasteiger charge is -2.52. The normalized spacial score (nSPS) is 36.0. The maximum Gasteiger partial charge on any atom is 0.123 e. The lowest BCUT2D eigenvalue weighted by molar-refractivity contribution is -0.00864. The van der Waals surface area contributed by atoms with Crippen molar-refractivity contribution in [2.45, 2.75) is 81.9 Å². The van der Waals surface area contributed by atoms with Gasteiger partial charge in [0.25, 0.3) is 0 Å². The summed E-state index contributed by atoms with van der Waals surface area (Å²) in [5.41, 5.74) is 1.71. The monoisotopic (exact) mass is 390 g/mol. The van der Waals surface area contributed by atoms with E-state index in [1.165, 1.54) is 31.2 Å². The van der Waals surface area contributed by atoms with Crippen molar-refractivity contribution < 1.29 is 13.9 Å². The minimum Gasteiger partial charge on any atom is -0.393 e. The van der Waals surface area contributed by atoms with E-state index in [-0.39, 0.29) is 30.7 Å². The van der Waals surface area contributed by atoms with Crippen LogP contribution in [0, 0.1) is 17.2 Å². The second-order valence-corrected chi connectivity index (χ2v) is 9.31. The fourth-order valence-corrected chi connectivity index (χ4v) is 5.68. The Bertz CT molecular complexity index is 662. The Morgan fingerprint density at radius 3 is 2.57 bits per heavy atom. The van der Waals surface area contributed by atoms with Crippen LogP contribution in [0.2, 0.25) is 0 Å². The fourth-order valence-electron chi connectivity index (χ4n) is 5.68. The lowest BCUT2D eigenvalue weighted by atomic mass is 9.53. The largest absolute Gasteiger partial charge is 0.393 e. The van der Waals surface area contributed by atoms with Crippen LogP contribution in [-0.4, -0.2) is 36.3 Å². The summed E-state index contributed by atoms with van der Waals surface area (Å²) in [4.78, 5) is 4.29. The number of aliphatic hydroxyl groups excluding tert-OH is 1. The number of hydrogen-bond donors (Lipinski definition) is 2. The van der Waals surface area contributed by atoms with E-state index in [1.807, 2.05) is 12.1 Å². The Morgan fingerprint density at radius 2 is 1.89 bits per heavy atom. The zero-order chi connectivity index (χ0) is 19.6. The molecule has 2 saturated carbocycles. The molecular weight excluding hydrogens is 358 g/mol. The van der Waals surface area contributed by atoms with Crippen molar-refractivity contribution in [3.63, 3.8) is 0 Å². The molecule has 0 bridgehead atoms. The first-order valence-corrected chi connectivity index (χ1v) is 10.8. The first-order valence-electron chi connectivity index (χ1n) is 10.8. The minimum atomic E-state index is -0.332. The Hall–Kier alpha value is -1.49. The Morgan fingerprint density at radius 1 is 1.18 bits per heavy atom. The molecule has 2 N–H and O–H groups in total. The summed E-state index contributed by atoms with van der Waals surface area (Å²) in [6, 6.07) is 7.24. The van der Waals surface area contributed by atoms with Crippen molar-refractivity contribution in [2.75, 3.05) is 6.67 Å². The van der Waals surface area contributed by atoms with Crippen LogP contribution in [0.5, 0.6) is 0 Å². The molecule has 1 heterocycles. The van der Waals surface area contributed by atoms with Gasteiger partial charge in [-0.1, -0.05) is 12.1 Å². The fraction of sp³-hybridized carbons (Fsp3) is 0.696. The zero-order valence-electron chi connectivity index (χ0n) is 16.5. The lowest BCUT2D eigenvalue weighted by Crippen LogP contribution is -2.43. The van der Waals surface area contributed by atoms with E-state index in [0.29, 0.717) is 23.7 Å². The van der Waals surface area contributed by atoms with E-state index in [0.717, 1.165) is 25.7 Å². The van der Waals surface area contributed by atoms with E-state index in [2.05, 4.69) is 10.3 Å². The molecule has 1 aromatic carbocycles. The third-order valence-electron chi connectivity index (χ3n) is 7.46. The second-order valence-electron chi connectivity index (χ2n) is 9.31. The average molecular weight is 391 g/mol. The molecule has 3 unspecified atom stereocenters. The average Bonchev–Trinajstić information content (AvgIpc) is 2.67. The summed E-state index contributed by atoms with van der Waals surface area (Å²) in [6.07, 6.45) is 10.4. The molecule has 0 saturated heterocycles. The summed E-state index contributed by atoms with van der Waals surface area (Å²) < 4.78 is 25.7. The highest BCUT2D eigenvalue weighted by molar-refractivity contribution is 5.56. The van der Waals surface area contributed by atoms with E-state index in [1.54, 1.807) is 18.5 Å². The van der Waals surface area contributed by atoms with Crippen LogP contribution in [0.15, 0.2) is 29.3 Å². The van der Waals surface area contributed by atoms with E-state index < -0.39 is 0 Å². The highest BCUT2D eigenvalue weighted by atomic mass is 19.1. The first kappa shape index (κ1) is 19.8. The van der Waals surface area contributed by atoms with Gasteiger partial charge in [-0.2, -0.15) is 0 Å². The number of benzene rings is 1. The Labute approximate surface area is 166 Å². The predicted octanol–water partition coefficient (Wildman–Crippen LogP) is 4.75. The van der Waals surface area contributed by atoms with Gasteiger partial charge in [-0.3, -0.25) is 9.38 Å². The summed E-state index contributed by atoms with van der Waals surface area (Å²) in [5.74, 6) is 0.776. The number of alkyl halides is 1.